The van der Waals surface area contributed by atoms with Crippen LogP contribution >= 0.6 is 11.1 Å². The second-order valence-electron chi connectivity index (χ2n) is 10.4. The van der Waals surface area contributed by atoms with Gasteiger partial charge in [-0.05, 0) is 67.7 Å². The van der Waals surface area contributed by atoms with E-state index in [1.165, 1.54) is 78.8 Å². The van der Waals surface area contributed by atoms with E-state index in [1.807, 2.05) is 0 Å². The summed E-state index contributed by atoms with van der Waals surface area (Å²) in [4.78, 5) is 19.4. The average Bonchev–Trinajstić information content (AvgIpc) is 3.40. The van der Waals surface area contributed by atoms with Gasteiger partial charge in [0.1, 0.15) is 5.78 Å². The normalized spacial score (nSPS) is 18.8. The first-order valence-electron chi connectivity index (χ1n) is 14.1. The van der Waals surface area contributed by atoms with Gasteiger partial charge in [0, 0.05) is 26.2 Å². The van der Waals surface area contributed by atoms with Crippen molar-refractivity contribution in [3.63, 3.8) is 0 Å². The van der Waals surface area contributed by atoms with E-state index in [9.17, 15) is 51.9 Å². The third kappa shape index (κ3) is 30.0. The van der Waals surface area contributed by atoms with E-state index in [2.05, 4.69) is 70.8 Å². The fourth-order valence-corrected chi connectivity index (χ4v) is 3.78. The molecule has 0 amide bonds. The van der Waals surface area contributed by atoms with Crippen molar-refractivity contribution in [3.8, 4) is 0 Å². The van der Waals surface area contributed by atoms with Crippen molar-refractivity contribution < 1.29 is 194 Å². The molecule has 0 aromatic rings. The Labute approximate surface area is 392 Å². The van der Waals surface area contributed by atoms with Crippen molar-refractivity contribution in [2.75, 3.05) is 53.4 Å². The summed E-state index contributed by atoms with van der Waals surface area (Å²) in [7, 11) is -1.83. The number of unbranched alkanes of at least 4 members (excludes halogenated alkanes) is 2. The number of nitrogens with zero attached hydrogens (tertiary/aromatic N) is 4. The summed E-state index contributed by atoms with van der Waals surface area (Å²) in [6, 6.07) is 0. The summed E-state index contributed by atoms with van der Waals surface area (Å²) in [6.07, 6.45) is 2.18. The average molecular weight is 883 g/mol. The number of Topliss-reactive ketones (excluding diaryl/α,β-unsaturated/α-hetero) is 1. The molecule has 0 N–H and O–H groups in total. The van der Waals surface area contributed by atoms with Gasteiger partial charge < -0.3 is 39.4 Å². The van der Waals surface area contributed by atoms with Gasteiger partial charge in [0.05, 0.1) is 12.3 Å². The Balaban J connectivity index is -0.0000000928. The van der Waals surface area contributed by atoms with Crippen molar-refractivity contribution in [2.24, 2.45) is 0 Å². The van der Waals surface area contributed by atoms with Crippen molar-refractivity contribution >= 4 is 27.0 Å². The molecular formula is C25H49Cl2F8K2N4O7S2-. The van der Waals surface area contributed by atoms with Crippen LogP contribution in [0.25, 0.3) is 0 Å². The first kappa shape index (κ1) is 67.6. The molecular weight excluding hydrogens is 834 g/mol. The topological polar surface area (TPSA) is 129 Å². The molecule has 0 bridgehead atoms. The van der Waals surface area contributed by atoms with Gasteiger partial charge in [0.25, 0.3) is 0 Å². The van der Waals surface area contributed by atoms with Crippen molar-refractivity contribution in [2.45, 2.75) is 96.5 Å². The molecule has 0 aromatic heterocycles. The molecule has 0 aliphatic carbocycles. The molecule has 0 spiro atoms. The van der Waals surface area contributed by atoms with Crippen LogP contribution in [0.3, 0.4) is 0 Å². The standard InChI is InChI=1S/2C9H20N2.C3H6O.2C2H2F4O3S.2ClH.2K/c2*1-4-5-6-11-8-7-10(3)9(11)2;1-3(2)4;1-2(3,4)10(5,6)9-8-7;3-1(4)2(5,6)10(7,8)9;;;;/h2*9H,4-8H2,1-3H3;1-2H3;1H2;1H,(H,7,8,9);2*1H;;/q;;;;;;;2*+1/p-3. The van der Waals surface area contributed by atoms with Gasteiger partial charge in [-0.3, -0.25) is 24.6 Å². The van der Waals surface area contributed by atoms with E-state index in [4.69, 9.17) is 5.26 Å². The van der Waals surface area contributed by atoms with Crippen LogP contribution in [0.2, 0.25) is 0 Å². The minimum Gasteiger partial charge on any atom is -1.00 e. The van der Waals surface area contributed by atoms with Crippen LogP contribution in [0.15, 0.2) is 0 Å². The predicted molar refractivity (Wildman–Crippen MR) is 156 cm³/mol. The molecule has 2 rings (SSSR count). The largest absolute Gasteiger partial charge is 1.00 e. The molecule has 296 valence electrons. The molecule has 50 heavy (non-hydrogen) atoms. The number of halogens is 10. The second-order valence-corrected chi connectivity index (χ2v) is 13.5. The Morgan fingerprint density at radius 3 is 1.28 bits per heavy atom. The Morgan fingerprint density at radius 2 is 1.16 bits per heavy atom. The molecule has 0 radical (unpaired) electrons. The number of hydrogen-bond donors (Lipinski definition) is 0. The van der Waals surface area contributed by atoms with Crippen LogP contribution in [0.4, 0.5) is 34.1 Å². The van der Waals surface area contributed by atoms with Gasteiger partial charge in [-0.1, -0.05) is 26.7 Å². The quantitative estimate of drug-likeness (QED) is 0.0491. The summed E-state index contributed by atoms with van der Waals surface area (Å²) in [5, 5.41) is 0.921. The van der Waals surface area contributed by atoms with Crippen molar-refractivity contribution in [1.82, 2.24) is 19.6 Å². The van der Waals surface area contributed by atoms with Crippen LogP contribution < -0.4 is 133 Å². The summed E-state index contributed by atoms with van der Waals surface area (Å²) in [5.41, 5.74) is 0. The summed E-state index contributed by atoms with van der Waals surface area (Å²) in [6.45, 7) is 21.5. The van der Waals surface area contributed by atoms with E-state index in [-0.39, 0.29) is 133 Å². The smallest absolute Gasteiger partial charge is 1.00 e. The molecule has 2 saturated heterocycles. The van der Waals surface area contributed by atoms with E-state index in [0.717, 1.165) is 0 Å². The summed E-state index contributed by atoms with van der Waals surface area (Å²) in [5.74, 6) is 0.167. The summed E-state index contributed by atoms with van der Waals surface area (Å²) >= 11 is -5.83. The second kappa shape index (κ2) is 33.9. The van der Waals surface area contributed by atoms with Gasteiger partial charge in [-0.25, -0.2) is 17.2 Å². The minimum absolute atomic E-state index is 0. The third-order valence-electron chi connectivity index (χ3n) is 6.46. The van der Waals surface area contributed by atoms with Crippen LogP contribution in [-0.4, -0.2) is 121 Å². The van der Waals surface area contributed by atoms with Gasteiger partial charge in [-0.15, -0.1) is 20.9 Å². The first-order valence-corrected chi connectivity index (χ1v) is 16.9. The molecule has 2 aliphatic heterocycles. The van der Waals surface area contributed by atoms with E-state index >= 15 is 0 Å². The van der Waals surface area contributed by atoms with Gasteiger partial charge in [0.15, 0.2) is 17.0 Å². The molecule has 2 heterocycles. The van der Waals surface area contributed by atoms with E-state index in [0.29, 0.717) is 12.3 Å². The van der Waals surface area contributed by atoms with Gasteiger partial charge in [-0.2, -0.15) is 8.78 Å². The molecule has 2 atom stereocenters. The molecule has 2 fully saturated rings. The monoisotopic (exact) mass is 881 g/mol. The molecule has 2 aliphatic rings. The Morgan fingerprint density at radius 1 is 0.860 bits per heavy atom. The first-order chi connectivity index (χ1) is 20.7. The number of carbonyl (C=O) groups excluding carboxylic acids is 1. The van der Waals surface area contributed by atoms with Crippen molar-refractivity contribution in [1.29, 1.82) is 0 Å². The number of carbonyl (C=O) groups is 1. The number of likely N-dealkylation sites (N-methyl/N-ethyl adjacent to an activating group) is 2. The number of hydrogen-bond acceptors (Lipinski definition) is 11. The predicted octanol–water partition coefficient (Wildman–Crippen LogP) is -7.11. The van der Waals surface area contributed by atoms with Crippen LogP contribution in [0.1, 0.15) is 67.2 Å². The van der Waals surface area contributed by atoms with Crippen LogP contribution in [0.5, 0.6) is 0 Å². The summed E-state index contributed by atoms with van der Waals surface area (Å²) < 4.78 is 122. The van der Waals surface area contributed by atoms with Gasteiger partial charge in [0.2, 0.25) is 0 Å². The Bertz CT molecular complexity index is 915. The third-order valence-corrected chi connectivity index (χ3v) is 8.23. The van der Waals surface area contributed by atoms with Crippen molar-refractivity contribution in [3.05, 3.63) is 6.92 Å². The zero-order chi connectivity index (χ0) is 37.1. The molecule has 0 saturated carbocycles. The maximum atomic E-state index is 11.7. The fourth-order valence-electron chi connectivity index (χ4n) is 3.39. The zero-order valence-electron chi connectivity index (χ0n) is 30.3. The molecule has 11 nitrogen and oxygen atoms in total. The maximum absolute atomic E-state index is 11.7. The fraction of sp³-hybridized carbons (Fsp3) is 0.920. The van der Waals surface area contributed by atoms with E-state index < -0.39 is 38.1 Å². The zero-order valence-corrected chi connectivity index (χ0v) is 39.6. The van der Waals surface area contributed by atoms with E-state index in [1.54, 1.807) is 6.92 Å². The number of rotatable bonds is 11. The number of ketones is 1. The van der Waals surface area contributed by atoms with Crippen LogP contribution in [-0.2, 0) is 24.3 Å². The maximum Gasteiger partial charge on any atom is 1.00 e. The van der Waals surface area contributed by atoms with Crippen LogP contribution in [0, 0.1) is 6.92 Å². The molecule has 0 aromatic carbocycles. The number of alkyl halides is 6. The molecule has 2 unspecified atom stereocenters. The Kier molecular flexibility index (Phi) is 45.8. The Hall–Kier alpha value is 2.81. The minimum atomic E-state index is -6.23. The molecule has 25 heteroatoms. The SMILES string of the molecule is CC(C)=O.CCCCN1CCN(C)C1C.CCCCN1CCN(C)C1C.O=S(=O)([O-])C(F)(F)C(F)F.[CH2+]C(F)(F)S(F)(F)OO[O-].[Cl-].[Cl-].[K+].[K+]. The van der Waals surface area contributed by atoms with Gasteiger partial charge >= 0.3 is 131 Å².